The molecule has 1 aliphatic heterocycles. The van der Waals surface area contributed by atoms with Gasteiger partial charge in [0.15, 0.2) is 0 Å². The number of hydrogen-bond donors (Lipinski definition) is 3. The molecule has 1 aliphatic rings. The van der Waals surface area contributed by atoms with Crippen LogP contribution >= 0.6 is 0 Å². The van der Waals surface area contributed by atoms with Crippen molar-refractivity contribution < 1.29 is 9.72 Å². The minimum Gasteiger partial charge on any atom is -0.380 e. The van der Waals surface area contributed by atoms with Crippen LogP contribution in [0.2, 0.25) is 0 Å². The molecule has 2 atom stereocenters. The van der Waals surface area contributed by atoms with Gasteiger partial charge in [0.2, 0.25) is 0 Å². The highest BCUT2D eigenvalue weighted by atomic mass is 16.6. The molecule has 4 N–H and O–H groups in total. The number of piperidine rings is 1. The van der Waals surface area contributed by atoms with E-state index in [4.69, 9.17) is 5.73 Å². The fraction of sp³-hybridized carbons (Fsp3) is 0.462. The first kappa shape index (κ1) is 14.3. The lowest BCUT2D eigenvalue weighted by atomic mass is 9.99. The van der Waals surface area contributed by atoms with Gasteiger partial charge in [-0.15, -0.1) is 0 Å². The summed E-state index contributed by atoms with van der Waals surface area (Å²) in [4.78, 5) is 21.7. The Balaban J connectivity index is 2.26. The quantitative estimate of drug-likeness (QED) is 0.567. The molecule has 7 nitrogen and oxygen atoms in total. The van der Waals surface area contributed by atoms with Crippen molar-refractivity contribution in [2.24, 2.45) is 5.73 Å². The third-order valence-corrected chi connectivity index (χ3v) is 3.58. The number of hydrogen-bond acceptors (Lipinski definition) is 5. The van der Waals surface area contributed by atoms with Gasteiger partial charge in [0, 0.05) is 29.9 Å². The summed E-state index contributed by atoms with van der Waals surface area (Å²) in [6, 6.07) is 4.56. The van der Waals surface area contributed by atoms with E-state index in [2.05, 4.69) is 17.6 Å². The summed E-state index contributed by atoms with van der Waals surface area (Å²) in [5.41, 5.74) is 5.86. The van der Waals surface area contributed by atoms with E-state index in [-0.39, 0.29) is 23.3 Å². The molecule has 1 aromatic carbocycles. The number of nitro benzene ring substituents is 1. The molecule has 0 bridgehead atoms. The first-order valence-electron chi connectivity index (χ1n) is 6.57. The molecule has 2 rings (SSSR count). The maximum absolute atomic E-state index is 11.5. The van der Waals surface area contributed by atoms with Gasteiger partial charge in [-0.3, -0.25) is 14.9 Å². The Bertz CT molecular complexity index is 532. The predicted molar refractivity (Wildman–Crippen MR) is 75.7 cm³/mol. The van der Waals surface area contributed by atoms with Crippen LogP contribution in [0.25, 0.3) is 0 Å². The number of nitrogens with one attached hydrogen (secondary N) is 2. The summed E-state index contributed by atoms with van der Waals surface area (Å²) in [5, 5.41) is 17.4. The standard InChI is InChI=1S/C13H18N4O3/c1-8-11(3-2-6-15-8)16-12-5-4-9(17(19)20)7-10(12)13(14)18/h4-5,7-8,11,15-16H,2-3,6H2,1H3,(H2,14,18). The average Bonchev–Trinajstić information content (AvgIpc) is 2.41. The van der Waals surface area contributed by atoms with Crippen LogP contribution in [-0.2, 0) is 0 Å². The highest BCUT2D eigenvalue weighted by molar-refractivity contribution is 5.99. The van der Waals surface area contributed by atoms with Crippen LogP contribution in [0.3, 0.4) is 0 Å². The summed E-state index contributed by atoms with van der Waals surface area (Å²) in [6.07, 6.45) is 2.02. The number of nitrogens with two attached hydrogens (primary N) is 1. The summed E-state index contributed by atoms with van der Waals surface area (Å²) in [6.45, 7) is 3.04. The number of amides is 1. The maximum atomic E-state index is 11.5. The Hall–Kier alpha value is -2.15. The Kier molecular flexibility index (Phi) is 4.19. The molecule has 2 unspecified atom stereocenters. The van der Waals surface area contributed by atoms with E-state index in [1.807, 2.05) is 0 Å². The topological polar surface area (TPSA) is 110 Å². The van der Waals surface area contributed by atoms with E-state index in [1.54, 1.807) is 6.07 Å². The summed E-state index contributed by atoms with van der Waals surface area (Å²) < 4.78 is 0. The first-order valence-corrected chi connectivity index (χ1v) is 6.57. The van der Waals surface area contributed by atoms with Crippen molar-refractivity contribution in [3.05, 3.63) is 33.9 Å². The van der Waals surface area contributed by atoms with E-state index in [0.29, 0.717) is 5.69 Å². The highest BCUT2D eigenvalue weighted by Gasteiger charge is 2.23. The number of non-ortho nitro benzene ring substituents is 1. The summed E-state index contributed by atoms with van der Waals surface area (Å²) in [5.74, 6) is -0.673. The fourth-order valence-corrected chi connectivity index (χ4v) is 2.42. The Labute approximate surface area is 116 Å². The number of primary amides is 1. The van der Waals surface area contributed by atoms with Crippen molar-refractivity contribution in [2.45, 2.75) is 31.8 Å². The molecule has 0 aromatic heterocycles. The largest absolute Gasteiger partial charge is 0.380 e. The molecule has 20 heavy (non-hydrogen) atoms. The van der Waals surface area contributed by atoms with Crippen LogP contribution in [-0.4, -0.2) is 29.5 Å². The zero-order valence-electron chi connectivity index (χ0n) is 11.3. The molecule has 0 saturated carbocycles. The zero-order valence-corrected chi connectivity index (χ0v) is 11.3. The van der Waals surface area contributed by atoms with Crippen LogP contribution in [0.5, 0.6) is 0 Å². The predicted octanol–water partition coefficient (Wildman–Crippen LogP) is 1.25. The van der Waals surface area contributed by atoms with Crippen molar-refractivity contribution >= 4 is 17.3 Å². The highest BCUT2D eigenvalue weighted by Crippen LogP contribution is 2.24. The summed E-state index contributed by atoms with van der Waals surface area (Å²) >= 11 is 0. The van der Waals surface area contributed by atoms with Gasteiger partial charge in [-0.2, -0.15) is 0 Å². The molecule has 1 aromatic rings. The monoisotopic (exact) mass is 278 g/mol. The minimum absolute atomic E-state index is 0.140. The van der Waals surface area contributed by atoms with Crippen molar-refractivity contribution in [1.82, 2.24) is 5.32 Å². The van der Waals surface area contributed by atoms with Crippen molar-refractivity contribution in [3.8, 4) is 0 Å². The molecule has 1 heterocycles. The molecular weight excluding hydrogens is 260 g/mol. The van der Waals surface area contributed by atoms with Gasteiger partial charge >= 0.3 is 0 Å². The number of anilines is 1. The van der Waals surface area contributed by atoms with Crippen LogP contribution in [0.15, 0.2) is 18.2 Å². The number of rotatable bonds is 4. The number of carbonyl (C=O) groups is 1. The average molecular weight is 278 g/mol. The van der Waals surface area contributed by atoms with Gasteiger partial charge in [-0.1, -0.05) is 0 Å². The SMILES string of the molecule is CC1NCCCC1Nc1ccc([N+](=O)[O-])cc1C(N)=O. The van der Waals surface area contributed by atoms with E-state index < -0.39 is 10.8 Å². The Morgan fingerprint density at radius 2 is 2.30 bits per heavy atom. The van der Waals surface area contributed by atoms with Gasteiger partial charge in [0.1, 0.15) is 0 Å². The second kappa shape index (κ2) is 5.87. The second-order valence-corrected chi connectivity index (χ2v) is 4.99. The molecule has 1 amide bonds. The molecular formula is C13H18N4O3. The second-order valence-electron chi connectivity index (χ2n) is 4.99. The Morgan fingerprint density at radius 1 is 1.55 bits per heavy atom. The normalized spacial score (nSPS) is 22.2. The zero-order chi connectivity index (χ0) is 14.7. The van der Waals surface area contributed by atoms with Crippen LogP contribution in [0, 0.1) is 10.1 Å². The molecule has 1 saturated heterocycles. The molecule has 0 radical (unpaired) electrons. The molecule has 1 fully saturated rings. The van der Waals surface area contributed by atoms with Crippen molar-refractivity contribution in [1.29, 1.82) is 0 Å². The summed E-state index contributed by atoms with van der Waals surface area (Å²) in [7, 11) is 0. The molecule has 108 valence electrons. The number of nitro groups is 1. The van der Waals surface area contributed by atoms with Crippen molar-refractivity contribution in [2.75, 3.05) is 11.9 Å². The minimum atomic E-state index is -0.673. The number of nitrogens with zero attached hydrogens (tertiary/aromatic N) is 1. The lowest BCUT2D eigenvalue weighted by molar-refractivity contribution is -0.384. The molecule has 7 heteroatoms. The van der Waals surface area contributed by atoms with Gasteiger partial charge < -0.3 is 16.4 Å². The number of benzene rings is 1. The smallest absolute Gasteiger partial charge is 0.270 e. The van der Waals surface area contributed by atoms with E-state index in [1.165, 1.54) is 12.1 Å². The van der Waals surface area contributed by atoms with Crippen LogP contribution in [0.4, 0.5) is 11.4 Å². The van der Waals surface area contributed by atoms with Gasteiger partial charge in [-0.05, 0) is 32.4 Å². The first-order chi connectivity index (χ1) is 9.49. The van der Waals surface area contributed by atoms with Crippen molar-refractivity contribution in [3.63, 3.8) is 0 Å². The molecule has 0 aliphatic carbocycles. The lowest BCUT2D eigenvalue weighted by Crippen LogP contribution is -2.46. The molecule has 0 spiro atoms. The number of carbonyl (C=O) groups excluding carboxylic acids is 1. The maximum Gasteiger partial charge on any atom is 0.270 e. The van der Waals surface area contributed by atoms with Gasteiger partial charge in [0.05, 0.1) is 10.5 Å². The lowest BCUT2D eigenvalue weighted by Gasteiger charge is -2.31. The third-order valence-electron chi connectivity index (χ3n) is 3.58. The third kappa shape index (κ3) is 3.05. The van der Waals surface area contributed by atoms with Crippen LogP contribution in [0.1, 0.15) is 30.1 Å². The van der Waals surface area contributed by atoms with E-state index >= 15 is 0 Å². The Morgan fingerprint density at radius 3 is 2.90 bits per heavy atom. The van der Waals surface area contributed by atoms with Gasteiger partial charge in [-0.25, -0.2) is 0 Å². The van der Waals surface area contributed by atoms with E-state index in [0.717, 1.165) is 19.4 Å². The van der Waals surface area contributed by atoms with Crippen LogP contribution < -0.4 is 16.4 Å². The van der Waals surface area contributed by atoms with E-state index in [9.17, 15) is 14.9 Å². The van der Waals surface area contributed by atoms with Gasteiger partial charge in [0.25, 0.3) is 11.6 Å². The fourth-order valence-electron chi connectivity index (χ4n) is 2.42.